The molecule has 0 saturated heterocycles. The van der Waals surface area contributed by atoms with Gasteiger partial charge in [0.05, 0.1) is 159 Å². The molecule has 0 atom stereocenters. The van der Waals surface area contributed by atoms with Gasteiger partial charge >= 0.3 is 11.9 Å². The molecule has 17 heteroatoms. The van der Waals surface area contributed by atoms with Crippen LogP contribution >= 0.6 is 0 Å². The van der Waals surface area contributed by atoms with Crippen molar-refractivity contribution in [2.45, 2.75) is 0 Å². The van der Waals surface area contributed by atoms with Crippen LogP contribution in [-0.4, -0.2) is 194 Å². The van der Waals surface area contributed by atoms with Gasteiger partial charge in [0.15, 0.2) is 0 Å². The normalized spacial score (nSPS) is 11.4. The van der Waals surface area contributed by atoms with E-state index in [1.54, 1.807) is 0 Å². The average Bonchev–Trinajstić information content (AvgIpc) is 3.02. The molecule has 17 nitrogen and oxygen atoms in total. The van der Waals surface area contributed by atoms with Crippen LogP contribution in [0.3, 0.4) is 0 Å². The minimum absolute atomic E-state index is 0.235. The summed E-state index contributed by atoms with van der Waals surface area (Å²) in [5.41, 5.74) is 0. The second-order valence-electron chi connectivity index (χ2n) is 8.63. The lowest BCUT2D eigenvalue weighted by Crippen LogP contribution is -2.16. The van der Waals surface area contributed by atoms with Gasteiger partial charge in [-0.15, -0.1) is 0 Å². The Labute approximate surface area is 265 Å². The third-order valence-corrected chi connectivity index (χ3v) is 4.92. The Morgan fingerprint density at radius 3 is 0.467 bits per heavy atom. The summed E-state index contributed by atoms with van der Waals surface area (Å²) in [7, 11) is 0. The summed E-state index contributed by atoms with van der Waals surface area (Å²) in [4.78, 5) is 20.5. The Morgan fingerprint density at radius 1 is 0.244 bits per heavy atom. The minimum atomic E-state index is -1.00. The van der Waals surface area contributed by atoms with Crippen molar-refractivity contribution in [3.05, 3.63) is 0 Å². The topological polar surface area (TPSA) is 195 Å². The molecule has 0 aromatic rings. The van der Waals surface area contributed by atoms with Crippen LogP contribution in [0.15, 0.2) is 0 Å². The predicted octanol–water partition coefficient (Wildman–Crippen LogP) is -0.629. The van der Waals surface area contributed by atoms with Crippen LogP contribution < -0.4 is 0 Å². The van der Waals surface area contributed by atoms with Crippen LogP contribution in [0.1, 0.15) is 0 Å². The Bertz CT molecular complexity index is 564. The SMILES string of the molecule is O=C(O)COCCOCCOCCOCCOCCOCCOCCOCCOCCOCCOCCOCCOCC(=O)O. The van der Waals surface area contributed by atoms with Crippen molar-refractivity contribution < 1.29 is 81.4 Å². The molecular weight excluding hydrogens is 608 g/mol. The first-order chi connectivity index (χ1) is 22.1. The zero-order chi connectivity index (χ0) is 32.7. The van der Waals surface area contributed by atoms with E-state index in [4.69, 9.17) is 71.8 Å². The van der Waals surface area contributed by atoms with Crippen molar-refractivity contribution in [2.24, 2.45) is 0 Å². The van der Waals surface area contributed by atoms with E-state index in [9.17, 15) is 9.59 Å². The maximum absolute atomic E-state index is 10.3. The van der Waals surface area contributed by atoms with Gasteiger partial charge in [0.1, 0.15) is 13.2 Å². The summed E-state index contributed by atoms with van der Waals surface area (Å²) in [6, 6.07) is 0. The van der Waals surface area contributed by atoms with Crippen molar-refractivity contribution in [1.82, 2.24) is 0 Å². The van der Waals surface area contributed by atoms with Crippen molar-refractivity contribution in [1.29, 1.82) is 0 Å². The Kier molecular flexibility index (Phi) is 37.2. The number of carbonyl (C=O) groups is 2. The molecule has 45 heavy (non-hydrogen) atoms. The van der Waals surface area contributed by atoms with Crippen LogP contribution in [0.2, 0.25) is 0 Å². The van der Waals surface area contributed by atoms with Gasteiger partial charge in [-0.3, -0.25) is 0 Å². The minimum Gasteiger partial charge on any atom is -0.480 e. The molecule has 0 heterocycles. The fraction of sp³-hybridized carbons (Fsp3) is 0.929. The largest absolute Gasteiger partial charge is 0.480 e. The fourth-order valence-corrected chi connectivity index (χ4v) is 2.86. The number of rotatable bonds is 40. The number of hydrogen-bond donors (Lipinski definition) is 2. The lowest BCUT2D eigenvalue weighted by molar-refractivity contribution is -0.143. The van der Waals surface area contributed by atoms with Gasteiger partial charge in [0.2, 0.25) is 0 Å². The molecule has 0 aliphatic heterocycles. The average molecular weight is 663 g/mol. The molecule has 268 valence electrons. The Morgan fingerprint density at radius 2 is 0.356 bits per heavy atom. The number of carboxylic acid groups (broad SMARTS) is 2. The first-order valence-electron chi connectivity index (χ1n) is 15.1. The number of ether oxygens (including phenoxy) is 13. The maximum Gasteiger partial charge on any atom is 0.329 e. The molecule has 2 N–H and O–H groups in total. The van der Waals surface area contributed by atoms with Gasteiger partial charge in [-0.25, -0.2) is 9.59 Å². The molecule has 0 radical (unpaired) electrons. The van der Waals surface area contributed by atoms with Crippen molar-refractivity contribution in [2.75, 3.05) is 172 Å². The third-order valence-electron chi connectivity index (χ3n) is 4.92. The lowest BCUT2D eigenvalue weighted by Gasteiger charge is -2.09. The molecule has 0 aliphatic rings. The van der Waals surface area contributed by atoms with E-state index in [0.717, 1.165) is 0 Å². The molecule has 0 bridgehead atoms. The summed E-state index contributed by atoms with van der Waals surface area (Å²) in [6.45, 7) is 9.63. The third kappa shape index (κ3) is 42.4. The van der Waals surface area contributed by atoms with Crippen LogP contribution in [0.5, 0.6) is 0 Å². The summed E-state index contributed by atoms with van der Waals surface area (Å²) < 4.78 is 68.9. The van der Waals surface area contributed by atoms with Crippen LogP contribution in [0.25, 0.3) is 0 Å². The van der Waals surface area contributed by atoms with Gasteiger partial charge in [0.25, 0.3) is 0 Å². The van der Waals surface area contributed by atoms with E-state index < -0.39 is 11.9 Å². The zero-order valence-corrected chi connectivity index (χ0v) is 26.4. The predicted molar refractivity (Wildman–Crippen MR) is 156 cm³/mol. The second-order valence-corrected chi connectivity index (χ2v) is 8.63. The Balaban J connectivity index is 3.05. The van der Waals surface area contributed by atoms with Crippen LogP contribution in [0, 0.1) is 0 Å². The first-order valence-corrected chi connectivity index (χ1v) is 15.1. The molecule has 0 unspecified atom stereocenters. The molecule has 0 spiro atoms. The van der Waals surface area contributed by atoms with E-state index in [0.29, 0.717) is 145 Å². The second kappa shape index (κ2) is 38.6. The zero-order valence-electron chi connectivity index (χ0n) is 26.4. The highest BCUT2D eigenvalue weighted by atomic mass is 16.6. The van der Waals surface area contributed by atoms with Gasteiger partial charge in [-0.05, 0) is 0 Å². The van der Waals surface area contributed by atoms with Gasteiger partial charge in [-0.2, -0.15) is 0 Å². The van der Waals surface area contributed by atoms with Gasteiger partial charge in [0, 0.05) is 0 Å². The summed E-state index contributed by atoms with van der Waals surface area (Å²) in [5.74, 6) is -2.00. The van der Waals surface area contributed by atoms with E-state index >= 15 is 0 Å². The lowest BCUT2D eigenvalue weighted by atomic mass is 10.6. The fourth-order valence-electron chi connectivity index (χ4n) is 2.86. The van der Waals surface area contributed by atoms with E-state index in [2.05, 4.69) is 0 Å². The monoisotopic (exact) mass is 662 g/mol. The Hall–Kier alpha value is -1.58. The van der Waals surface area contributed by atoms with Crippen LogP contribution in [0.4, 0.5) is 0 Å². The molecular formula is C28H54O17. The summed E-state index contributed by atoms with van der Waals surface area (Å²) >= 11 is 0. The first kappa shape index (κ1) is 43.4. The highest BCUT2D eigenvalue weighted by Gasteiger charge is 1.98. The van der Waals surface area contributed by atoms with Crippen LogP contribution in [-0.2, 0) is 71.2 Å². The summed E-state index contributed by atoms with van der Waals surface area (Å²) in [6.07, 6.45) is 0. The molecule has 0 aromatic carbocycles. The van der Waals surface area contributed by atoms with E-state index in [1.807, 2.05) is 0 Å². The van der Waals surface area contributed by atoms with Crippen molar-refractivity contribution in [3.63, 3.8) is 0 Å². The molecule has 0 saturated carbocycles. The maximum atomic E-state index is 10.3. The molecule has 0 rings (SSSR count). The smallest absolute Gasteiger partial charge is 0.329 e. The number of aliphatic carboxylic acids is 2. The molecule has 0 amide bonds. The molecule has 0 aliphatic carbocycles. The summed E-state index contributed by atoms with van der Waals surface area (Å²) in [5, 5.41) is 16.8. The van der Waals surface area contributed by atoms with Crippen molar-refractivity contribution >= 4 is 11.9 Å². The quantitative estimate of drug-likeness (QED) is 0.0787. The van der Waals surface area contributed by atoms with Gasteiger partial charge in [-0.1, -0.05) is 0 Å². The highest BCUT2D eigenvalue weighted by molar-refractivity contribution is 5.68. The molecule has 0 fully saturated rings. The highest BCUT2D eigenvalue weighted by Crippen LogP contribution is 1.87. The molecule has 0 aromatic heterocycles. The van der Waals surface area contributed by atoms with E-state index in [-0.39, 0.29) is 26.4 Å². The van der Waals surface area contributed by atoms with E-state index in [1.165, 1.54) is 0 Å². The standard InChI is InChI=1S/C28H54O17/c29-27(30)25-44-23-21-42-19-17-40-15-13-38-11-9-36-7-5-34-3-1-33-2-4-35-6-8-37-10-12-39-14-16-41-18-20-43-22-24-45-26-28(31)32/h1-26H2,(H,29,30)(H,31,32). The van der Waals surface area contributed by atoms with Crippen molar-refractivity contribution in [3.8, 4) is 0 Å². The number of carboxylic acids is 2. The van der Waals surface area contributed by atoms with Gasteiger partial charge < -0.3 is 71.8 Å². The number of hydrogen-bond acceptors (Lipinski definition) is 15.